The van der Waals surface area contributed by atoms with Crippen molar-refractivity contribution in [2.75, 3.05) is 0 Å². The van der Waals surface area contributed by atoms with Crippen LogP contribution in [-0.4, -0.2) is 28.3 Å². The molecule has 0 fully saturated rings. The van der Waals surface area contributed by atoms with Crippen LogP contribution in [0.3, 0.4) is 0 Å². The molecule has 0 aliphatic rings. The van der Waals surface area contributed by atoms with Crippen molar-refractivity contribution >= 4 is 35.0 Å². The Bertz CT molecular complexity index is 1170. The van der Waals surface area contributed by atoms with E-state index in [0.717, 1.165) is 17.5 Å². The molecule has 0 heterocycles. The minimum Gasteiger partial charge on any atom is -0.350 e. The van der Waals surface area contributed by atoms with Gasteiger partial charge < -0.3 is 10.2 Å². The van der Waals surface area contributed by atoms with Gasteiger partial charge in [0.25, 0.3) is 0 Å². The number of carbonyl (C=O) groups is 2. The average Bonchev–Trinajstić information content (AvgIpc) is 2.86. The quantitative estimate of drug-likeness (QED) is 0.300. The lowest BCUT2D eigenvalue weighted by atomic mass is 9.99. The van der Waals surface area contributed by atoms with Gasteiger partial charge in [-0.2, -0.15) is 0 Å². The van der Waals surface area contributed by atoms with Crippen LogP contribution in [0.4, 0.5) is 0 Å². The van der Waals surface area contributed by atoms with Gasteiger partial charge in [0.15, 0.2) is 0 Å². The molecule has 0 aliphatic carbocycles. The zero-order chi connectivity index (χ0) is 27.0. The summed E-state index contributed by atoms with van der Waals surface area (Å²) in [7, 11) is 0. The van der Waals surface area contributed by atoms with Gasteiger partial charge in [0.2, 0.25) is 11.8 Å². The second-order valence-electron chi connectivity index (χ2n) is 10.3. The number of benzene rings is 3. The van der Waals surface area contributed by atoms with E-state index in [2.05, 4.69) is 36.5 Å². The first-order valence-corrected chi connectivity index (χ1v) is 13.5. The normalized spacial score (nSPS) is 12.2. The lowest BCUT2D eigenvalue weighted by Gasteiger charge is -2.34. The first kappa shape index (κ1) is 28.7. The van der Waals surface area contributed by atoms with Gasteiger partial charge in [-0.3, -0.25) is 9.59 Å². The fraction of sp³-hybridized carbons (Fsp3) is 0.355. The molecule has 0 spiro atoms. The molecular weight excluding hydrogens is 503 g/mol. The van der Waals surface area contributed by atoms with E-state index in [1.807, 2.05) is 51.1 Å². The summed E-state index contributed by atoms with van der Waals surface area (Å²) in [4.78, 5) is 29.1. The topological polar surface area (TPSA) is 49.4 Å². The van der Waals surface area contributed by atoms with E-state index in [4.69, 9.17) is 23.2 Å². The Morgan fingerprint density at radius 3 is 2.00 bits per heavy atom. The van der Waals surface area contributed by atoms with Gasteiger partial charge in [0.05, 0.1) is 0 Å². The predicted octanol–water partition coefficient (Wildman–Crippen LogP) is 7.04. The third-order valence-corrected chi connectivity index (χ3v) is 6.93. The van der Waals surface area contributed by atoms with E-state index in [0.29, 0.717) is 28.5 Å². The molecule has 1 atom stereocenters. The molecule has 3 aromatic carbocycles. The molecule has 0 saturated carbocycles. The number of halogens is 2. The second-order valence-corrected chi connectivity index (χ2v) is 11.2. The number of carbonyl (C=O) groups excluding carboxylic acids is 2. The van der Waals surface area contributed by atoms with Crippen LogP contribution in [0.5, 0.6) is 0 Å². The third-order valence-electron chi connectivity index (χ3n) is 6.22. The van der Waals surface area contributed by atoms with E-state index in [-0.39, 0.29) is 24.8 Å². The molecular formula is C31H36Cl2N2O2. The van der Waals surface area contributed by atoms with Gasteiger partial charge in [0.1, 0.15) is 6.04 Å². The van der Waals surface area contributed by atoms with E-state index < -0.39 is 11.6 Å². The summed E-state index contributed by atoms with van der Waals surface area (Å²) in [6.45, 7) is 8.05. The molecule has 37 heavy (non-hydrogen) atoms. The largest absolute Gasteiger partial charge is 0.350 e. The van der Waals surface area contributed by atoms with Crippen molar-refractivity contribution in [2.45, 2.75) is 71.5 Å². The Morgan fingerprint density at radius 1 is 0.838 bits per heavy atom. The smallest absolute Gasteiger partial charge is 0.243 e. The number of amides is 2. The van der Waals surface area contributed by atoms with Crippen LogP contribution in [0, 0.1) is 0 Å². The summed E-state index contributed by atoms with van der Waals surface area (Å²) in [6, 6.07) is 22.6. The molecule has 196 valence electrons. The zero-order valence-electron chi connectivity index (χ0n) is 22.1. The molecule has 0 radical (unpaired) electrons. The Labute approximate surface area is 231 Å². The van der Waals surface area contributed by atoms with Crippen LogP contribution in [-0.2, 0) is 35.4 Å². The van der Waals surface area contributed by atoms with Crippen molar-refractivity contribution in [1.82, 2.24) is 10.2 Å². The molecule has 0 aliphatic heterocycles. The van der Waals surface area contributed by atoms with Gasteiger partial charge in [-0.15, -0.1) is 0 Å². The summed E-state index contributed by atoms with van der Waals surface area (Å²) >= 11 is 13.0. The molecule has 0 unspecified atom stereocenters. The molecule has 2 amide bonds. The number of hydrogen-bond donors (Lipinski definition) is 1. The molecule has 0 aromatic heterocycles. The lowest BCUT2D eigenvalue weighted by Crippen LogP contribution is -2.54. The maximum Gasteiger partial charge on any atom is 0.243 e. The van der Waals surface area contributed by atoms with Crippen molar-refractivity contribution in [3.05, 3.63) is 105 Å². The maximum absolute atomic E-state index is 13.8. The highest BCUT2D eigenvalue weighted by molar-refractivity contribution is 6.36. The van der Waals surface area contributed by atoms with Gasteiger partial charge in [-0.1, -0.05) is 90.8 Å². The van der Waals surface area contributed by atoms with E-state index in [1.165, 1.54) is 5.56 Å². The monoisotopic (exact) mass is 538 g/mol. The first-order valence-electron chi connectivity index (χ1n) is 12.7. The predicted molar refractivity (Wildman–Crippen MR) is 153 cm³/mol. The van der Waals surface area contributed by atoms with Gasteiger partial charge in [0, 0.05) is 40.5 Å². The molecule has 1 N–H and O–H groups in total. The van der Waals surface area contributed by atoms with Gasteiger partial charge >= 0.3 is 0 Å². The van der Waals surface area contributed by atoms with Crippen LogP contribution in [0.1, 0.15) is 56.4 Å². The van der Waals surface area contributed by atoms with Crippen molar-refractivity contribution in [3.63, 3.8) is 0 Å². The standard InChI is InChI=1S/C31H36Cl2N2O2/c1-5-22-14-16-23(17-15-22)18-19-29(36)35(21-25-26(32)12-9-13-27(25)33)28(30(37)34-31(2,3)4)20-24-10-7-6-8-11-24/h6-17,28H,5,18-21H2,1-4H3,(H,34,37)/t28-/m0/s1. The molecule has 4 nitrogen and oxygen atoms in total. The van der Waals surface area contributed by atoms with E-state index >= 15 is 0 Å². The fourth-order valence-electron chi connectivity index (χ4n) is 4.20. The van der Waals surface area contributed by atoms with Crippen LogP contribution in [0.15, 0.2) is 72.8 Å². The Balaban J connectivity index is 1.96. The Hall–Kier alpha value is -2.82. The highest BCUT2D eigenvalue weighted by Gasteiger charge is 2.32. The van der Waals surface area contributed by atoms with Gasteiger partial charge in [-0.05, 0) is 62.4 Å². The van der Waals surface area contributed by atoms with Crippen LogP contribution < -0.4 is 5.32 Å². The van der Waals surface area contributed by atoms with Crippen molar-refractivity contribution < 1.29 is 9.59 Å². The maximum atomic E-state index is 13.8. The number of nitrogens with one attached hydrogen (secondary N) is 1. The number of hydrogen-bond acceptors (Lipinski definition) is 2. The Kier molecular flexibility index (Phi) is 10.2. The Morgan fingerprint density at radius 2 is 1.43 bits per heavy atom. The first-order chi connectivity index (χ1) is 17.6. The molecule has 3 rings (SSSR count). The lowest BCUT2D eigenvalue weighted by molar-refractivity contribution is -0.141. The molecule has 0 saturated heterocycles. The summed E-state index contributed by atoms with van der Waals surface area (Å²) < 4.78 is 0. The fourth-order valence-corrected chi connectivity index (χ4v) is 4.71. The van der Waals surface area contributed by atoms with E-state index in [1.54, 1.807) is 23.1 Å². The minimum absolute atomic E-state index is 0.124. The SMILES string of the molecule is CCc1ccc(CCC(=O)N(Cc2c(Cl)cccc2Cl)[C@@H](Cc2ccccc2)C(=O)NC(C)(C)C)cc1. The second kappa shape index (κ2) is 13.1. The van der Waals surface area contributed by atoms with Gasteiger partial charge in [-0.25, -0.2) is 0 Å². The summed E-state index contributed by atoms with van der Waals surface area (Å²) in [6.07, 6.45) is 2.19. The van der Waals surface area contributed by atoms with Crippen LogP contribution in [0.25, 0.3) is 0 Å². The molecule has 6 heteroatoms. The molecule has 3 aromatic rings. The van der Waals surface area contributed by atoms with Crippen molar-refractivity contribution in [1.29, 1.82) is 0 Å². The van der Waals surface area contributed by atoms with Crippen LogP contribution >= 0.6 is 23.2 Å². The van der Waals surface area contributed by atoms with E-state index in [9.17, 15) is 9.59 Å². The summed E-state index contributed by atoms with van der Waals surface area (Å²) in [5.41, 5.74) is 3.49. The van der Waals surface area contributed by atoms with Crippen molar-refractivity contribution in [2.24, 2.45) is 0 Å². The zero-order valence-corrected chi connectivity index (χ0v) is 23.6. The van der Waals surface area contributed by atoms with Crippen LogP contribution in [0.2, 0.25) is 10.0 Å². The highest BCUT2D eigenvalue weighted by Crippen LogP contribution is 2.28. The number of nitrogens with zero attached hydrogens (tertiary/aromatic N) is 1. The number of aryl methyl sites for hydroxylation is 2. The third kappa shape index (κ3) is 8.62. The highest BCUT2D eigenvalue weighted by atomic mass is 35.5. The minimum atomic E-state index is -0.732. The summed E-state index contributed by atoms with van der Waals surface area (Å²) in [5.74, 6) is -0.333. The van der Waals surface area contributed by atoms with Crippen molar-refractivity contribution in [3.8, 4) is 0 Å². The summed E-state index contributed by atoms with van der Waals surface area (Å²) in [5, 5.41) is 4.01. The number of rotatable bonds is 10. The average molecular weight is 540 g/mol. The molecule has 0 bridgehead atoms.